The summed E-state index contributed by atoms with van der Waals surface area (Å²) in [6.45, 7) is 1.60. The minimum Gasteiger partial charge on any atom is -0.392 e. The Kier molecular flexibility index (Phi) is 4.10. The van der Waals surface area contributed by atoms with Crippen LogP contribution in [0.5, 0.6) is 0 Å². The molecule has 1 aliphatic rings. The summed E-state index contributed by atoms with van der Waals surface area (Å²) in [5, 5.41) is 8.95. The van der Waals surface area contributed by atoms with E-state index in [1.54, 1.807) is 6.92 Å². The summed E-state index contributed by atoms with van der Waals surface area (Å²) in [4.78, 5) is -0.810. The lowest BCUT2D eigenvalue weighted by Crippen LogP contribution is -2.46. The van der Waals surface area contributed by atoms with Crippen LogP contribution in [0.3, 0.4) is 0 Å². The first-order chi connectivity index (χ1) is 9.27. The summed E-state index contributed by atoms with van der Waals surface area (Å²) >= 11 is 0. The number of halogens is 2. The van der Waals surface area contributed by atoms with Gasteiger partial charge in [0.2, 0.25) is 10.0 Å². The molecule has 1 heterocycles. The fourth-order valence-electron chi connectivity index (χ4n) is 2.03. The average molecular weight is 307 g/mol. The molecule has 2 N–H and O–H groups in total. The number of sulfonamides is 1. The van der Waals surface area contributed by atoms with Crippen LogP contribution in [0, 0.1) is 11.6 Å². The van der Waals surface area contributed by atoms with E-state index in [2.05, 4.69) is 4.72 Å². The lowest BCUT2D eigenvalue weighted by molar-refractivity contribution is 0.178. The van der Waals surface area contributed by atoms with Crippen LogP contribution in [-0.2, 0) is 21.4 Å². The molecule has 0 radical (unpaired) electrons. The quantitative estimate of drug-likeness (QED) is 0.867. The highest BCUT2D eigenvalue weighted by atomic mass is 32.2. The minimum atomic E-state index is -4.24. The van der Waals surface area contributed by atoms with Crippen LogP contribution in [0.4, 0.5) is 8.78 Å². The molecule has 1 saturated heterocycles. The van der Waals surface area contributed by atoms with E-state index in [0.717, 1.165) is 12.1 Å². The molecule has 0 aliphatic carbocycles. The summed E-state index contributed by atoms with van der Waals surface area (Å²) in [6, 6.07) is 1.68. The Morgan fingerprint density at radius 3 is 2.70 bits per heavy atom. The molecule has 1 aliphatic heterocycles. The molecule has 0 amide bonds. The number of hydrogen-bond donors (Lipinski definition) is 2. The van der Waals surface area contributed by atoms with Crippen LogP contribution in [0.15, 0.2) is 17.0 Å². The van der Waals surface area contributed by atoms with Crippen molar-refractivity contribution in [3.8, 4) is 0 Å². The van der Waals surface area contributed by atoms with E-state index >= 15 is 0 Å². The molecule has 0 aromatic heterocycles. The van der Waals surface area contributed by atoms with Crippen molar-refractivity contribution in [3.05, 3.63) is 29.3 Å². The molecule has 1 atom stereocenters. The second kappa shape index (κ2) is 5.36. The number of ether oxygens (including phenoxy) is 1. The van der Waals surface area contributed by atoms with Gasteiger partial charge in [0.05, 0.1) is 18.8 Å². The Morgan fingerprint density at radius 1 is 1.45 bits per heavy atom. The number of nitrogens with one attached hydrogen (secondary N) is 1. The summed E-state index contributed by atoms with van der Waals surface area (Å²) in [6.07, 6.45) is 0.440. The van der Waals surface area contributed by atoms with Crippen molar-refractivity contribution < 1.29 is 27.0 Å². The molecule has 0 saturated carbocycles. The van der Waals surface area contributed by atoms with E-state index in [4.69, 9.17) is 9.84 Å². The molecule has 5 nitrogen and oxygen atoms in total. The zero-order valence-electron chi connectivity index (χ0n) is 10.8. The van der Waals surface area contributed by atoms with Crippen molar-refractivity contribution in [2.24, 2.45) is 0 Å². The van der Waals surface area contributed by atoms with Gasteiger partial charge in [0.1, 0.15) is 4.90 Å². The Balaban J connectivity index is 2.41. The Hall–Kier alpha value is -1.09. The van der Waals surface area contributed by atoms with Gasteiger partial charge in [0, 0.05) is 6.61 Å². The third kappa shape index (κ3) is 2.98. The third-order valence-corrected chi connectivity index (χ3v) is 4.76. The lowest BCUT2D eigenvalue weighted by atomic mass is 10.0. The molecule has 1 fully saturated rings. The standard InChI is InChI=1S/C12H15F2NO4S/c1-12(2-3-19-7-12)15-20(17,18)10-5-8(6-16)4-9(13)11(10)14/h4-5,15-16H,2-3,6-7H2,1H3. The predicted octanol–water partition coefficient (Wildman–Crippen LogP) is 0.914. The maximum absolute atomic E-state index is 13.7. The molecule has 8 heteroatoms. The molecular formula is C12H15F2NO4S. The number of benzene rings is 1. The van der Waals surface area contributed by atoms with Gasteiger partial charge in [-0.25, -0.2) is 21.9 Å². The van der Waals surface area contributed by atoms with Crippen molar-refractivity contribution in [2.45, 2.75) is 30.4 Å². The fraction of sp³-hybridized carbons (Fsp3) is 0.500. The molecule has 2 rings (SSSR count). The summed E-state index contributed by atoms with van der Waals surface area (Å²) in [5.74, 6) is -2.78. The number of aliphatic hydroxyl groups excluding tert-OH is 1. The van der Waals surface area contributed by atoms with Crippen LogP contribution < -0.4 is 4.72 Å². The number of hydrogen-bond acceptors (Lipinski definition) is 4. The van der Waals surface area contributed by atoms with Gasteiger partial charge in [0.25, 0.3) is 0 Å². The van der Waals surface area contributed by atoms with Crippen molar-refractivity contribution in [2.75, 3.05) is 13.2 Å². The summed E-state index contributed by atoms with van der Waals surface area (Å²) in [5.41, 5.74) is -0.867. The SMILES string of the molecule is CC1(NS(=O)(=O)c2cc(CO)cc(F)c2F)CCOC1. The van der Waals surface area contributed by atoms with Gasteiger partial charge in [0.15, 0.2) is 11.6 Å². The smallest absolute Gasteiger partial charge is 0.244 e. The van der Waals surface area contributed by atoms with Crippen molar-refractivity contribution in [3.63, 3.8) is 0 Å². The zero-order valence-corrected chi connectivity index (χ0v) is 11.6. The van der Waals surface area contributed by atoms with Crippen LogP contribution >= 0.6 is 0 Å². The highest BCUT2D eigenvalue weighted by Gasteiger charge is 2.36. The maximum Gasteiger partial charge on any atom is 0.244 e. The predicted molar refractivity (Wildman–Crippen MR) is 66.4 cm³/mol. The molecule has 1 unspecified atom stereocenters. The van der Waals surface area contributed by atoms with Gasteiger partial charge in [-0.1, -0.05) is 0 Å². The zero-order chi connectivity index (χ0) is 15.0. The summed E-state index contributed by atoms with van der Waals surface area (Å²) in [7, 11) is -4.24. The lowest BCUT2D eigenvalue weighted by Gasteiger charge is -2.23. The Bertz CT molecular complexity index is 612. The number of aliphatic hydroxyl groups is 1. The van der Waals surface area contributed by atoms with E-state index in [0.29, 0.717) is 13.0 Å². The van der Waals surface area contributed by atoms with E-state index in [-0.39, 0.29) is 12.2 Å². The first-order valence-corrected chi connectivity index (χ1v) is 7.46. The first-order valence-electron chi connectivity index (χ1n) is 5.98. The maximum atomic E-state index is 13.7. The van der Waals surface area contributed by atoms with Gasteiger partial charge >= 0.3 is 0 Å². The normalized spacial score (nSPS) is 23.2. The summed E-state index contributed by atoms with van der Waals surface area (Å²) < 4.78 is 58.9. The van der Waals surface area contributed by atoms with Crippen molar-refractivity contribution in [1.29, 1.82) is 0 Å². The van der Waals surface area contributed by atoms with Gasteiger partial charge in [-0.05, 0) is 31.0 Å². The van der Waals surface area contributed by atoms with Crippen LogP contribution in [0.1, 0.15) is 18.9 Å². The second-order valence-electron chi connectivity index (χ2n) is 5.02. The third-order valence-electron chi connectivity index (χ3n) is 3.13. The molecule has 112 valence electrons. The largest absolute Gasteiger partial charge is 0.392 e. The van der Waals surface area contributed by atoms with Gasteiger partial charge in [-0.15, -0.1) is 0 Å². The molecule has 1 aromatic rings. The second-order valence-corrected chi connectivity index (χ2v) is 6.67. The van der Waals surface area contributed by atoms with Crippen LogP contribution in [0.2, 0.25) is 0 Å². The highest BCUT2D eigenvalue weighted by molar-refractivity contribution is 7.89. The highest BCUT2D eigenvalue weighted by Crippen LogP contribution is 2.24. The van der Waals surface area contributed by atoms with Crippen LogP contribution in [-0.4, -0.2) is 32.3 Å². The molecule has 0 spiro atoms. The van der Waals surface area contributed by atoms with Gasteiger partial charge < -0.3 is 9.84 Å². The topological polar surface area (TPSA) is 75.6 Å². The molecule has 0 bridgehead atoms. The van der Waals surface area contributed by atoms with Gasteiger partial charge in [-0.3, -0.25) is 0 Å². The first kappa shape index (κ1) is 15.3. The van der Waals surface area contributed by atoms with E-state index in [9.17, 15) is 17.2 Å². The van der Waals surface area contributed by atoms with E-state index < -0.39 is 38.7 Å². The average Bonchev–Trinajstić information content (AvgIpc) is 2.77. The van der Waals surface area contributed by atoms with Crippen LogP contribution in [0.25, 0.3) is 0 Å². The Labute approximate surface area is 115 Å². The van der Waals surface area contributed by atoms with E-state index in [1.165, 1.54) is 0 Å². The minimum absolute atomic E-state index is 0.0166. The van der Waals surface area contributed by atoms with Crippen molar-refractivity contribution >= 4 is 10.0 Å². The van der Waals surface area contributed by atoms with Gasteiger partial charge in [-0.2, -0.15) is 0 Å². The Morgan fingerprint density at radius 2 is 2.15 bits per heavy atom. The fourth-order valence-corrected chi connectivity index (χ4v) is 3.59. The molecule has 1 aromatic carbocycles. The number of rotatable bonds is 4. The monoisotopic (exact) mass is 307 g/mol. The van der Waals surface area contributed by atoms with E-state index in [1.807, 2.05) is 0 Å². The van der Waals surface area contributed by atoms with Crippen molar-refractivity contribution in [1.82, 2.24) is 4.72 Å². The molecular weight excluding hydrogens is 292 g/mol. The molecule has 20 heavy (non-hydrogen) atoms.